The number of amides is 1. The third-order valence-corrected chi connectivity index (χ3v) is 4.33. The maximum atomic E-state index is 12.4. The Bertz CT molecular complexity index is 661. The zero-order valence-electron chi connectivity index (χ0n) is 13.0. The Morgan fingerprint density at radius 1 is 1.41 bits per heavy atom. The Kier molecular flexibility index (Phi) is 4.13. The number of rotatable bonds is 5. The van der Waals surface area contributed by atoms with Gasteiger partial charge in [-0.05, 0) is 18.9 Å². The van der Waals surface area contributed by atoms with E-state index < -0.39 is 0 Å². The summed E-state index contributed by atoms with van der Waals surface area (Å²) in [4.78, 5) is 16.8. The van der Waals surface area contributed by atoms with E-state index >= 15 is 0 Å². The second-order valence-electron chi connectivity index (χ2n) is 5.71. The van der Waals surface area contributed by atoms with Gasteiger partial charge in [-0.15, -0.1) is 0 Å². The summed E-state index contributed by atoms with van der Waals surface area (Å²) in [6.07, 6.45) is 6.72. The number of carbonyl (C=O) groups is 1. The molecule has 22 heavy (non-hydrogen) atoms. The number of hydrogen-bond donors (Lipinski definition) is 1. The van der Waals surface area contributed by atoms with E-state index in [9.17, 15) is 4.79 Å². The Labute approximate surface area is 130 Å². The molecule has 1 fully saturated rings. The summed E-state index contributed by atoms with van der Waals surface area (Å²) in [5, 5.41) is 3.15. The normalized spacial score (nSPS) is 15.9. The first-order valence-electron chi connectivity index (χ1n) is 7.61. The Balaban J connectivity index is 1.95. The molecule has 1 atom stereocenters. The van der Waals surface area contributed by atoms with Gasteiger partial charge in [-0.2, -0.15) is 0 Å². The predicted octanol–water partition coefficient (Wildman–Crippen LogP) is 2.43. The van der Waals surface area contributed by atoms with Crippen molar-refractivity contribution >= 4 is 5.91 Å². The van der Waals surface area contributed by atoms with E-state index in [2.05, 4.69) is 10.3 Å². The molecule has 1 amide bonds. The first-order chi connectivity index (χ1) is 10.7. The lowest BCUT2D eigenvalue weighted by atomic mass is 9.84. The maximum Gasteiger partial charge on any atom is 0.223 e. The Morgan fingerprint density at radius 3 is 2.77 bits per heavy atom. The molecule has 0 unspecified atom stereocenters. The van der Waals surface area contributed by atoms with E-state index in [0.29, 0.717) is 0 Å². The van der Waals surface area contributed by atoms with Crippen LogP contribution < -0.4 is 10.1 Å². The molecule has 1 aromatic carbocycles. The summed E-state index contributed by atoms with van der Waals surface area (Å²) in [5.74, 6) is 1.80. The smallest absolute Gasteiger partial charge is 0.223 e. The van der Waals surface area contributed by atoms with Gasteiger partial charge < -0.3 is 14.6 Å². The highest BCUT2D eigenvalue weighted by atomic mass is 16.5. The summed E-state index contributed by atoms with van der Waals surface area (Å²) < 4.78 is 7.39. The number of methoxy groups -OCH3 is 1. The summed E-state index contributed by atoms with van der Waals surface area (Å²) >= 11 is 0. The van der Waals surface area contributed by atoms with Gasteiger partial charge in [0, 0.05) is 30.9 Å². The molecule has 0 aliphatic heterocycles. The third kappa shape index (κ3) is 2.71. The summed E-state index contributed by atoms with van der Waals surface area (Å²) in [6, 6.07) is 7.44. The summed E-state index contributed by atoms with van der Waals surface area (Å²) in [5.41, 5.74) is 0.923. The van der Waals surface area contributed by atoms with E-state index in [1.54, 1.807) is 13.3 Å². The number of nitrogens with one attached hydrogen (secondary N) is 1. The molecule has 2 aromatic rings. The van der Waals surface area contributed by atoms with Gasteiger partial charge in [0.25, 0.3) is 0 Å². The monoisotopic (exact) mass is 299 g/mol. The van der Waals surface area contributed by atoms with Crippen LogP contribution in [0.1, 0.15) is 36.7 Å². The number of benzene rings is 1. The van der Waals surface area contributed by atoms with E-state index in [1.807, 2.05) is 42.1 Å². The van der Waals surface area contributed by atoms with E-state index in [4.69, 9.17) is 4.74 Å². The van der Waals surface area contributed by atoms with Crippen LogP contribution in [-0.4, -0.2) is 22.6 Å². The maximum absolute atomic E-state index is 12.4. The van der Waals surface area contributed by atoms with Crippen molar-refractivity contribution in [3.63, 3.8) is 0 Å². The van der Waals surface area contributed by atoms with E-state index in [-0.39, 0.29) is 17.9 Å². The largest absolute Gasteiger partial charge is 0.496 e. The highest BCUT2D eigenvalue weighted by Gasteiger charge is 2.30. The first kappa shape index (κ1) is 14.6. The van der Waals surface area contributed by atoms with Crippen LogP contribution in [0.4, 0.5) is 0 Å². The first-order valence-corrected chi connectivity index (χ1v) is 7.61. The van der Waals surface area contributed by atoms with E-state index in [0.717, 1.165) is 36.4 Å². The molecule has 1 saturated carbocycles. The molecule has 3 rings (SSSR count). The van der Waals surface area contributed by atoms with Gasteiger partial charge in [0.2, 0.25) is 5.91 Å². The van der Waals surface area contributed by atoms with Crippen LogP contribution in [0.2, 0.25) is 0 Å². The molecule has 1 aliphatic carbocycles. The number of aromatic nitrogens is 2. The molecular weight excluding hydrogens is 278 g/mol. The van der Waals surface area contributed by atoms with Crippen molar-refractivity contribution in [2.75, 3.05) is 7.11 Å². The van der Waals surface area contributed by atoms with Gasteiger partial charge in [0.15, 0.2) is 0 Å². The Morgan fingerprint density at radius 2 is 2.18 bits per heavy atom. The number of para-hydroxylation sites is 1. The molecular formula is C17H21N3O2. The lowest BCUT2D eigenvalue weighted by Crippen LogP contribution is -2.38. The lowest BCUT2D eigenvalue weighted by molar-refractivity contribution is -0.127. The van der Waals surface area contributed by atoms with Crippen molar-refractivity contribution in [1.29, 1.82) is 0 Å². The molecule has 116 valence electrons. The number of ether oxygens (including phenoxy) is 1. The standard InChI is InChI=1S/C17H21N3O2/c1-20-11-10-18-16(20)15(19-17(21)12-6-5-7-12)13-8-3-4-9-14(13)22-2/h3-4,8-12,15H,5-7H2,1-2H3,(H,19,21)/t15-/m1/s1. The van der Waals surface area contributed by atoms with E-state index in [1.165, 1.54) is 0 Å². The van der Waals surface area contributed by atoms with Crippen LogP contribution in [0.3, 0.4) is 0 Å². The molecule has 5 nitrogen and oxygen atoms in total. The minimum Gasteiger partial charge on any atom is -0.496 e. The van der Waals surface area contributed by atoms with Gasteiger partial charge in [0.1, 0.15) is 17.6 Å². The molecule has 0 saturated heterocycles. The molecule has 1 aromatic heterocycles. The van der Waals surface area contributed by atoms with Crippen LogP contribution in [0.25, 0.3) is 0 Å². The fourth-order valence-electron chi connectivity index (χ4n) is 2.77. The topological polar surface area (TPSA) is 56.1 Å². The lowest BCUT2D eigenvalue weighted by Gasteiger charge is -2.28. The number of hydrogen-bond acceptors (Lipinski definition) is 3. The van der Waals surface area contributed by atoms with Crippen LogP contribution in [0.15, 0.2) is 36.7 Å². The zero-order chi connectivity index (χ0) is 15.5. The molecule has 0 spiro atoms. The number of nitrogens with zero attached hydrogens (tertiary/aromatic N) is 2. The number of imidazole rings is 1. The zero-order valence-corrected chi connectivity index (χ0v) is 13.0. The third-order valence-electron chi connectivity index (χ3n) is 4.33. The van der Waals surface area contributed by atoms with Crippen LogP contribution in [-0.2, 0) is 11.8 Å². The van der Waals surface area contributed by atoms with Crippen molar-refractivity contribution in [1.82, 2.24) is 14.9 Å². The SMILES string of the molecule is COc1ccccc1[C@@H](NC(=O)C1CCC1)c1nccn1C. The van der Waals surface area contributed by atoms with Crippen LogP contribution >= 0.6 is 0 Å². The fraction of sp³-hybridized carbons (Fsp3) is 0.412. The summed E-state index contributed by atoms with van der Waals surface area (Å²) in [7, 11) is 3.57. The van der Waals surface area contributed by atoms with Gasteiger partial charge >= 0.3 is 0 Å². The van der Waals surface area contributed by atoms with Crippen molar-refractivity contribution in [2.24, 2.45) is 13.0 Å². The molecule has 1 aliphatic rings. The highest BCUT2D eigenvalue weighted by molar-refractivity contribution is 5.80. The minimum absolute atomic E-state index is 0.102. The van der Waals surface area contributed by atoms with Crippen molar-refractivity contribution in [3.8, 4) is 5.75 Å². The average molecular weight is 299 g/mol. The fourth-order valence-corrected chi connectivity index (χ4v) is 2.77. The summed E-state index contributed by atoms with van der Waals surface area (Å²) in [6.45, 7) is 0. The molecule has 0 radical (unpaired) electrons. The average Bonchev–Trinajstić information content (AvgIpc) is 2.89. The van der Waals surface area contributed by atoms with Gasteiger partial charge in [0.05, 0.1) is 7.11 Å². The van der Waals surface area contributed by atoms with Crippen LogP contribution in [0, 0.1) is 5.92 Å². The predicted molar refractivity (Wildman–Crippen MR) is 83.5 cm³/mol. The van der Waals surface area contributed by atoms with Gasteiger partial charge in [-0.1, -0.05) is 24.6 Å². The Hall–Kier alpha value is -2.30. The number of carbonyl (C=O) groups excluding carboxylic acids is 1. The highest BCUT2D eigenvalue weighted by Crippen LogP contribution is 2.31. The van der Waals surface area contributed by atoms with Gasteiger partial charge in [-0.3, -0.25) is 4.79 Å². The second-order valence-corrected chi connectivity index (χ2v) is 5.71. The molecule has 1 heterocycles. The molecule has 5 heteroatoms. The second kappa shape index (κ2) is 6.22. The van der Waals surface area contributed by atoms with Crippen molar-refractivity contribution < 1.29 is 9.53 Å². The molecule has 1 N–H and O–H groups in total. The minimum atomic E-state index is -0.302. The van der Waals surface area contributed by atoms with Crippen molar-refractivity contribution in [3.05, 3.63) is 48.0 Å². The van der Waals surface area contributed by atoms with Crippen LogP contribution in [0.5, 0.6) is 5.75 Å². The molecule has 0 bridgehead atoms. The number of aryl methyl sites for hydroxylation is 1. The van der Waals surface area contributed by atoms with Gasteiger partial charge in [-0.25, -0.2) is 4.98 Å². The van der Waals surface area contributed by atoms with Crippen molar-refractivity contribution in [2.45, 2.75) is 25.3 Å². The quantitative estimate of drug-likeness (QED) is 0.922.